The highest BCUT2D eigenvalue weighted by Crippen LogP contribution is 2.34. The molecule has 0 saturated carbocycles. The topological polar surface area (TPSA) is 61.2 Å². The van der Waals surface area contributed by atoms with Crippen LogP contribution in [0.15, 0.2) is 33.5 Å². The summed E-state index contributed by atoms with van der Waals surface area (Å²) in [5.74, 6) is -1.02. The number of aromatic nitrogens is 1. The van der Waals surface area contributed by atoms with Crippen LogP contribution in [0.25, 0.3) is 11.1 Å². The van der Waals surface area contributed by atoms with Gasteiger partial charge in [-0.25, -0.2) is 4.79 Å². The molecule has 0 aliphatic rings. The Labute approximate surface area is 99.8 Å². The maximum Gasteiger partial charge on any atom is 0.420 e. The van der Waals surface area contributed by atoms with Crippen molar-refractivity contribution < 1.29 is 17.6 Å². The lowest BCUT2D eigenvalue weighted by Gasteiger charge is -2.20. The number of nitrogens with two attached hydrogens (primary N) is 1. The Kier molecular flexibility index (Phi) is 3.16. The Morgan fingerprint density at radius 2 is 2.00 bits per heavy atom. The Bertz CT molecular complexity index is 600. The first-order valence-corrected chi connectivity index (χ1v) is 5.32. The van der Waals surface area contributed by atoms with Crippen molar-refractivity contribution in [3.05, 3.63) is 34.8 Å². The van der Waals surface area contributed by atoms with E-state index in [0.717, 1.165) is 0 Å². The summed E-state index contributed by atoms with van der Waals surface area (Å²) in [5, 5.41) is 0. The third-order valence-corrected chi connectivity index (χ3v) is 2.65. The van der Waals surface area contributed by atoms with Crippen LogP contribution >= 0.6 is 0 Å². The van der Waals surface area contributed by atoms with Gasteiger partial charge in [0.1, 0.15) is 6.04 Å². The van der Waals surface area contributed by atoms with E-state index in [1.54, 1.807) is 12.1 Å². The minimum absolute atomic E-state index is 0.123. The number of para-hydroxylation sites is 2. The van der Waals surface area contributed by atoms with Gasteiger partial charge in [0.25, 0.3) is 0 Å². The van der Waals surface area contributed by atoms with Gasteiger partial charge in [-0.05, 0) is 25.1 Å². The van der Waals surface area contributed by atoms with Gasteiger partial charge in [0.2, 0.25) is 0 Å². The van der Waals surface area contributed by atoms with E-state index in [0.29, 0.717) is 4.57 Å². The number of hydrogen-bond acceptors (Lipinski definition) is 3. The van der Waals surface area contributed by atoms with Gasteiger partial charge in [-0.1, -0.05) is 12.1 Å². The molecule has 0 spiro atoms. The molecule has 1 unspecified atom stereocenters. The van der Waals surface area contributed by atoms with Gasteiger partial charge in [-0.2, -0.15) is 13.2 Å². The lowest BCUT2D eigenvalue weighted by molar-refractivity contribution is -0.169. The average Bonchev–Trinajstić information content (AvgIpc) is 2.60. The van der Waals surface area contributed by atoms with Crippen molar-refractivity contribution >= 4 is 11.1 Å². The number of alkyl halides is 3. The molecule has 1 heterocycles. The van der Waals surface area contributed by atoms with Crippen molar-refractivity contribution in [1.29, 1.82) is 0 Å². The molecule has 7 heteroatoms. The molecule has 0 aliphatic heterocycles. The van der Waals surface area contributed by atoms with E-state index in [1.165, 1.54) is 12.1 Å². The van der Waals surface area contributed by atoms with Crippen LogP contribution in [0.5, 0.6) is 0 Å². The van der Waals surface area contributed by atoms with Crippen molar-refractivity contribution in [3.63, 3.8) is 0 Å². The standard InChI is InChI=1S/C11H11F3N2O2/c12-11(13,14)9(5-6-15)16-7-3-1-2-4-8(7)18-10(16)17/h1-4,9H,5-6,15H2. The lowest BCUT2D eigenvalue weighted by atomic mass is 10.2. The molecule has 4 nitrogen and oxygen atoms in total. The minimum Gasteiger partial charge on any atom is -0.408 e. The molecule has 1 atom stereocenters. The first-order chi connectivity index (χ1) is 8.45. The van der Waals surface area contributed by atoms with Gasteiger partial charge in [0.15, 0.2) is 5.58 Å². The molecule has 2 aromatic rings. The Morgan fingerprint density at radius 3 is 2.61 bits per heavy atom. The molecule has 2 N–H and O–H groups in total. The number of halogens is 3. The zero-order chi connectivity index (χ0) is 13.3. The third kappa shape index (κ3) is 2.13. The van der Waals surface area contributed by atoms with E-state index in [4.69, 9.17) is 10.2 Å². The molecule has 2 rings (SSSR count). The zero-order valence-electron chi connectivity index (χ0n) is 9.28. The van der Waals surface area contributed by atoms with E-state index in [-0.39, 0.29) is 24.1 Å². The highest BCUT2D eigenvalue weighted by molar-refractivity contribution is 5.72. The molecule has 1 aromatic carbocycles. The van der Waals surface area contributed by atoms with Crippen LogP contribution in [-0.2, 0) is 0 Å². The summed E-state index contributed by atoms with van der Waals surface area (Å²) in [6.45, 7) is -0.171. The molecule has 0 fully saturated rings. The Morgan fingerprint density at radius 1 is 1.33 bits per heavy atom. The number of oxazole rings is 1. The maximum absolute atomic E-state index is 12.9. The van der Waals surface area contributed by atoms with Crippen molar-refractivity contribution in [2.45, 2.75) is 18.6 Å². The highest BCUT2D eigenvalue weighted by Gasteiger charge is 2.42. The summed E-state index contributed by atoms with van der Waals surface area (Å²) in [6.07, 6.45) is -4.91. The van der Waals surface area contributed by atoms with Crippen LogP contribution in [0.2, 0.25) is 0 Å². The minimum atomic E-state index is -4.55. The van der Waals surface area contributed by atoms with Gasteiger partial charge in [0, 0.05) is 0 Å². The average molecular weight is 260 g/mol. The lowest BCUT2D eigenvalue weighted by Crippen LogP contribution is -2.33. The van der Waals surface area contributed by atoms with Crippen LogP contribution in [0.4, 0.5) is 13.2 Å². The highest BCUT2D eigenvalue weighted by atomic mass is 19.4. The number of benzene rings is 1. The van der Waals surface area contributed by atoms with E-state index in [2.05, 4.69) is 0 Å². The van der Waals surface area contributed by atoms with Gasteiger partial charge in [-0.3, -0.25) is 4.57 Å². The zero-order valence-corrected chi connectivity index (χ0v) is 9.28. The van der Waals surface area contributed by atoms with Crippen LogP contribution in [0.1, 0.15) is 12.5 Å². The fourth-order valence-electron chi connectivity index (χ4n) is 1.88. The second kappa shape index (κ2) is 4.49. The molecule has 0 bridgehead atoms. The molecular formula is C11H11F3N2O2. The Hall–Kier alpha value is -1.76. The normalized spacial score (nSPS) is 14.0. The van der Waals surface area contributed by atoms with E-state index in [9.17, 15) is 18.0 Å². The van der Waals surface area contributed by atoms with E-state index < -0.39 is 18.0 Å². The predicted molar refractivity (Wildman–Crippen MR) is 59.2 cm³/mol. The van der Waals surface area contributed by atoms with Crippen LogP contribution in [-0.4, -0.2) is 17.3 Å². The molecule has 1 aromatic heterocycles. The van der Waals surface area contributed by atoms with Gasteiger partial charge < -0.3 is 10.2 Å². The van der Waals surface area contributed by atoms with Gasteiger partial charge >= 0.3 is 11.9 Å². The SMILES string of the molecule is NCCC(n1c(=O)oc2ccccc21)C(F)(F)F. The molecule has 0 amide bonds. The Balaban J connectivity index is 2.64. The fourth-order valence-corrected chi connectivity index (χ4v) is 1.88. The fraction of sp³-hybridized carbons (Fsp3) is 0.364. The van der Waals surface area contributed by atoms with Crippen LogP contribution in [0.3, 0.4) is 0 Å². The van der Waals surface area contributed by atoms with Crippen molar-refractivity contribution in [3.8, 4) is 0 Å². The number of fused-ring (bicyclic) bond motifs is 1. The van der Waals surface area contributed by atoms with Crippen molar-refractivity contribution in [1.82, 2.24) is 4.57 Å². The smallest absolute Gasteiger partial charge is 0.408 e. The molecule has 0 radical (unpaired) electrons. The predicted octanol–water partition coefficient (Wildman–Crippen LogP) is 2.05. The molecule has 18 heavy (non-hydrogen) atoms. The summed E-state index contributed by atoms with van der Waals surface area (Å²) >= 11 is 0. The van der Waals surface area contributed by atoms with Gasteiger partial charge in [-0.15, -0.1) is 0 Å². The van der Waals surface area contributed by atoms with E-state index in [1.807, 2.05) is 0 Å². The van der Waals surface area contributed by atoms with Crippen LogP contribution in [0, 0.1) is 0 Å². The molecule has 0 aliphatic carbocycles. The van der Waals surface area contributed by atoms with Crippen molar-refractivity contribution in [2.75, 3.05) is 6.54 Å². The quantitative estimate of drug-likeness (QED) is 0.918. The second-order valence-electron chi connectivity index (χ2n) is 3.84. The maximum atomic E-state index is 12.9. The third-order valence-electron chi connectivity index (χ3n) is 2.65. The largest absolute Gasteiger partial charge is 0.420 e. The monoisotopic (exact) mass is 260 g/mol. The number of rotatable bonds is 3. The summed E-state index contributed by atoms with van der Waals surface area (Å²) in [4.78, 5) is 11.6. The first kappa shape index (κ1) is 12.7. The molecular weight excluding hydrogens is 249 g/mol. The first-order valence-electron chi connectivity index (χ1n) is 5.32. The van der Waals surface area contributed by atoms with Crippen LogP contribution < -0.4 is 11.5 Å². The molecule has 98 valence electrons. The summed E-state index contributed by atoms with van der Waals surface area (Å²) in [6, 6.07) is 4.03. The summed E-state index contributed by atoms with van der Waals surface area (Å²) in [5.41, 5.74) is 5.44. The summed E-state index contributed by atoms with van der Waals surface area (Å²) in [7, 11) is 0. The van der Waals surface area contributed by atoms with Crippen molar-refractivity contribution in [2.24, 2.45) is 5.73 Å². The summed E-state index contributed by atoms with van der Waals surface area (Å²) < 4.78 is 44.2. The second-order valence-corrected chi connectivity index (χ2v) is 3.84. The van der Waals surface area contributed by atoms with Gasteiger partial charge in [0.05, 0.1) is 5.52 Å². The molecule has 0 saturated heterocycles. The van der Waals surface area contributed by atoms with E-state index >= 15 is 0 Å². The number of nitrogens with zero attached hydrogens (tertiary/aromatic N) is 1. The number of hydrogen-bond donors (Lipinski definition) is 1.